The first-order valence-corrected chi connectivity index (χ1v) is 8.09. The largest absolute Gasteiger partial charge is 0.506 e. The molecule has 0 unspecified atom stereocenters. The van der Waals surface area contributed by atoms with Gasteiger partial charge in [-0.05, 0) is 23.8 Å². The molecule has 0 fully saturated rings. The average Bonchev–Trinajstić information content (AvgIpc) is 2.43. The number of para-hydroxylation sites is 1. The Morgan fingerprint density at radius 2 is 1.76 bits per heavy atom. The summed E-state index contributed by atoms with van der Waals surface area (Å²) in [5.74, 6) is 0.0660. The van der Waals surface area contributed by atoms with Gasteiger partial charge in [-0.3, -0.25) is 0 Å². The summed E-state index contributed by atoms with van der Waals surface area (Å²) in [5.41, 5.74) is 1.60. The van der Waals surface area contributed by atoms with Crippen LogP contribution in [0.4, 0.5) is 0 Å². The van der Waals surface area contributed by atoms with E-state index in [-0.39, 0.29) is 10.6 Å². The Hall–Kier alpha value is -1.60. The second-order valence-corrected chi connectivity index (χ2v) is 6.51. The molecular weight excluding hydrogens is 312 g/mol. The van der Waals surface area contributed by atoms with Crippen molar-refractivity contribution in [1.29, 1.82) is 0 Å². The lowest BCUT2D eigenvalue weighted by Crippen LogP contribution is -2.14. The number of nitrogens with two attached hydrogens (primary N) is 1. The Labute approximate surface area is 128 Å². The fourth-order valence-corrected chi connectivity index (χ4v) is 2.55. The first kappa shape index (κ1) is 15.8. The highest BCUT2D eigenvalue weighted by Crippen LogP contribution is 2.26. The third-order valence-electron chi connectivity index (χ3n) is 2.97. The van der Waals surface area contributed by atoms with Crippen LogP contribution in [-0.4, -0.2) is 13.5 Å². The summed E-state index contributed by atoms with van der Waals surface area (Å²) in [6.07, 6.45) is 0. The fraction of sp³-hybridized carbons (Fsp3) is 0.143. The zero-order valence-corrected chi connectivity index (χ0v) is 12.7. The van der Waals surface area contributed by atoms with Crippen LogP contribution in [0.25, 0.3) is 0 Å². The number of aromatic hydroxyl groups is 1. The molecular formula is C14H15ClN2O3S. The van der Waals surface area contributed by atoms with Crippen molar-refractivity contribution in [1.82, 2.24) is 5.32 Å². The van der Waals surface area contributed by atoms with E-state index < -0.39 is 10.0 Å². The van der Waals surface area contributed by atoms with Gasteiger partial charge in [-0.25, -0.2) is 13.6 Å². The zero-order valence-electron chi connectivity index (χ0n) is 11.1. The van der Waals surface area contributed by atoms with Crippen LogP contribution in [0, 0.1) is 0 Å². The predicted molar refractivity (Wildman–Crippen MR) is 81.5 cm³/mol. The van der Waals surface area contributed by atoms with Crippen LogP contribution in [0.5, 0.6) is 5.75 Å². The first-order valence-electron chi connectivity index (χ1n) is 6.17. The molecule has 0 bridgehead atoms. The number of primary sulfonamides is 1. The van der Waals surface area contributed by atoms with Crippen molar-refractivity contribution in [3.05, 3.63) is 58.6 Å². The number of benzene rings is 2. The summed E-state index contributed by atoms with van der Waals surface area (Å²) in [5, 5.41) is 18.3. The van der Waals surface area contributed by atoms with Crippen LogP contribution in [-0.2, 0) is 23.1 Å². The Kier molecular flexibility index (Phi) is 4.84. The summed E-state index contributed by atoms with van der Waals surface area (Å²) >= 11 is 5.82. The zero-order chi connectivity index (χ0) is 15.5. The molecule has 4 N–H and O–H groups in total. The SMILES string of the molecule is NS(=O)(=O)c1ccc(CNCc2cccc(Cl)c2O)cc1. The van der Waals surface area contributed by atoms with E-state index >= 15 is 0 Å². The summed E-state index contributed by atoms with van der Waals surface area (Å²) in [6.45, 7) is 0.972. The molecule has 0 heterocycles. The van der Waals surface area contributed by atoms with E-state index in [1.165, 1.54) is 12.1 Å². The van der Waals surface area contributed by atoms with E-state index in [0.29, 0.717) is 23.7 Å². The molecule has 0 aromatic heterocycles. The third kappa shape index (κ3) is 4.18. The van der Waals surface area contributed by atoms with E-state index in [1.807, 2.05) is 0 Å². The van der Waals surface area contributed by atoms with Gasteiger partial charge in [-0.15, -0.1) is 0 Å². The summed E-state index contributed by atoms with van der Waals surface area (Å²) in [6, 6.07) is 11.5. The average molecular weight is 327 g/mol. The quantitative estimate of drug-likeness (QED) is 0.783. The Morgan fingerprint density at radius 3 is 2.38 bits per heavy atom. The summed E-state index contributed by atoms with van der Waals surface area (Å²) in [4.78, 5) is 0.0822. The van der Waals surface area contributed by atoms with Gasteiger partial charge in [-0.1, -0.05) is 35.9 Å². The van der Waals surface area contributed by atoms with Crippen molar-refractivity contribution in [2.75, 3.05) is 0 Å². The van der Waals surface area contributed by atoms with E-state index in [4.69, 9.17) is 16.7 Å². The molecule has 0 saturated heterocycles. The molecule has 21 heavy (non-hydrogen) atoms. The number of hydrogen-bond acceptors (Lipinski definition) is 4. The monoisotopic (exact) mass is 326 g/mol. The molecule has 5 nitrogen and oxygen atoms in total. The predicted octanol–water partition coefficient (Wildman–Crippen LogP) is 1.98. The molecule has 7 heteroatoms. The molecule has 0 spiro atoms. The lowest BCUT2D eigenvalue weighted by atomic mass is 10.2. The number of phenols is 1. The van der Waals surface area contributed by atoms with Crippen molar-refractivity contribution in [3.8, 4) is 5.75 Å². The maximum Gasteiger partial charge on any atom is 0.238 e. The van der Waals surface area contributed by atoms with Gasteiger partial charge in [0.05, 0.1) is 9.92 Å². The first-order chi connectivity index (χ1) is 9.88. The van der Waals surface area contributed by atoms with E-state index in [2.05, 4.69) is 5.32 Å². The van der Waals surface area contributed by atoms with Gasteiger partial charge < -0.3 is 10.4 Å². The standard InChI is InChI=1S/C14H15ClN2O3S/c15-13-3-1-2-11(14(13)18)9-17-8-10-4-6-12(7-5-10)21(16,19)20/h1-7,17-18H,8-9H2,(H2,16,19,20). The third-order valence-corrected chi connectivity index (χ3v) is 4.20. The molecule has 0 saturated carbocycles. The highest BCUT2D eigenvalue weighted by molar-refractivity contribution is 7.89. The van der Waals surface area contributed by atoms with Crippen LogP contribution in [0.3, 0.4) is 0 Å². The van der Waals surface area contributed by atoms with Gasteiger partial charge in [0.1, 0.15) is 5.75 Å². The summed E-state index contributed by atoms with van der Waals surface area (Å²) < 4.78 is 22.3. The number of rotatable bonds is 5. The second kappa shape index (κ2) is 6.44. The van der Waals surface area contributed by atoms with Crippen LogP contribution >= 0.6 is 11.6 Å². The smallest absolute Gasteiger partial charge is 0.238 e. The van der Waals surface area contributed by atoms with E-state index in [1.54, 1.807) is 30.3 Å². The van der Waals surface area contributed by atoms with E-state index in [0.717, 1.165) is 5.56 Å². The molecule has 2 aromatic carbocycles. The lowest BCUT2D eigenvalue weighted by molar-refractivity contribution is 0.464. The fourth-order valence-electron chi connectivity index (χ4n) is 1.84. The van der Waals surface area contributed by atoms with Crippen LogP contribution < -0.4 is 10.5 Å². The van der Waals surface area contributed by atoms with Gasteiger partial charge >= 0.3 is 0 Å². The van der Waals surface area contributed by atoms with Crippen LogP contribution in [0.15, 0.2) is 47.4 Å². The number of halogens is 1. The van der Waals surface area contributed by atoms with Gasteiger partial charge in [0.15, 0.2) is 0 Å². The van der Waals surface area contributed by atoms with Gasteiger partial charge in [0.25, 0.3) is 0 Å². The van der Waals surface area contributed by atoms with Crippen molar-refractivity contribution >= 4 is 21.6 Å². The number of phenolic OH excluding ortho intramolecular Hbond substituents is 1. The number of hydrogen-bond donors (Lipinski definition) is 3. The molecule has 0 atom stereocenters. The molecule has 0 aliphatic rings. The molecule has 0 aliphatic carbocycles. The molecule has 112 valence electrons. The normalized spacial score (nSPS) is 11.5. The summed E-state index contributed by atoms with van der Waals surface area (Å²) in [7, 11) is -3.66. The molecule has 0 radical (unpaired) electrons. The Balaban J connectivity index is 1.96. The maximum absolute atomic E-state index is 11.1. The number of nitrogens with one attached hydrogen (secondary N) is 1. The molecule has 0 aliphatic heterocycles. The lowest BCUT2D eigenvalue weighted by Gasteiger charge is -2.08. The topological polar surface area (TPSA) is 92.4 Å². The van der Waals surface area contributed by atoms with Crippen molar-refractivity contribution in [3.63, 3.8) is 0 Å². The van der Waals surface area contributed by atoms with Crippen molar-refractivity contribution in [2.24, 2.45) is 5.14 Å². The van der Waals surface area contributed by atoms with Gasteiger partial charge in [0.2, 0.25) is 10.0 Å². The van der Waals surface area contributed by atoms with Crippen LogP contribution in [0.1, 0.15) is 11.1 Å². The minimum Gasteiger partial charge on any atom is -0.506 e. The number of sulfonamides is 1. The maximum atomic E-state index is 11.1. The Morgan fingerprint density at radius 1 is 1.10 bits per heavy atom. The van der Waals surface area contributed by atoms with E-state index in [9.17, 15) is 13.5 Å². The minimum absolute atomic E-state index is 0.0660. The molecule has 2 aromatic rings. The molecule has 0 amide bonds. The highest BCUT2D eigenvalue weighted by atomic mass is 35.5. The van der Waals surface area contributed by atoms with Crippen molar-refractivity contribution < 1.29 is 13.5 Å². The van der Waals surface area contributed by atoms with Gasteiger partial charge in [-0.2, -0.15) is 0 Å². The highest BCUT2D eigenvalue weighted by Gasteiger charge is 2.07. The molecule has 2 rings (SSSR count). The van der Waals surface area contributed by atoms with Crippen molar-refractivity contribution in [2.45, 2.75) is 18.0 Å². The van der Waals surface area contributed by atoms with Gasteiger partial charge in [0, 0.05) is 18.7 Å². The van der Waals surface area contributed by atoms with Crippen LogP contribution in [0.2, 0.25) is 5.02 Å². The minimum atomic E-state index is -3.66. The second-order valence-electron chi connectivity index (χ2n) is 4.54. The Bertz CT molecular complexity index is 730.